The zero-order valence-corrected chi connectivity index (χ0v) is 17.4. The van der Waals surface area contributed by atoms with E-state index in [4.69, 9.17) is 4.74 Å². The second-order valence-corrected chi connectivity index (χ2v) is 7.35. The molecular formula is C21H23FN4O2S. The molecule has 1 unspecified atom stereocenters. The quantitative estimate of drug-likeness (QED) is 0.563. The van der Waals surface area contributed by atoms with Crippen LogP contribution in [-0.4, -0.2) is 33.5 Å². The Morgan fingerprint density at radius 3 is 2.48 bits per heavy atom. The van der Waals surface area contributed by atoms with Gasteiger partial charge in [-0.15, -0.1) is 10.2 Å². The third-order valence-electron chi connectivity index (χ3n) is 4.46. The Hall–Kier alpha value is -2.87. The molecule has 152 valence electrons. The van der Waals surface area contributed by atoms with Gasteiger partial charge < -0.3 is 14.6 Å². The molecular weight excluding hydrogens is 391 g/mol. The van der Waals surface area contributed by atoms with Crippen molar-refractivity contribution < 1.29 is 13.9 Å². The molecule has 6 nitrogen and oxygen atoms in total. The number of nitrogens with zero attached hydrogens (tertiary/aromatic N) is 3. The van der Waals surface area contributed by atoms with Crippen LogP contribution in [0.1, 0.15) is 25.5 Å². The van der Waals surface area contributed by atoms with Gasteiger partial charge in [0.05, 0.1) is 18.9 Å². The molecule has 0 saturated carbocycles. The van der Waals surface area contributed by atoms with Crippen LogP contribution in [0.2, 0.25) is 0 Å². The molecule has 0 bridgehead atoms. The van der Waals surface area contributed by atoms with Crippen LogP contribution in [0.4, 0.5) is 4.39 Å². The average Bonchev–Trinajstić information content (AvgIpc) is 3.15. The third-order valence-corrected chi connectivity index (χ3v) is 5.43. The molecule has 0 radical (unpaired) electrons. The summed E-state index contributed by atoms with van der Waals surface area (Å²) in [6.45, 7) is 4.56. The molecule has 1 amide bonds. The Balaban J connectivity index is 1.63. The number of benzene rings is 2. The highest BCUT2D eigenvalue weighted by atomic mass is 32.2. The van der Waals surface area contributed by atoms with Crippen molar-refractivity contribution in [2.75, 3.05) is 12.9 Å². The van der Waals surface area contributed by atoms with Crippen LogP contribution < -0.4 is 10.1 Å². The fraction of sp³-hybridized carbons (Fsp3) is 0.286. The fourth-order valence-electron chi connectivity index (χ4n) is 2.88. The monoisotopic (exact) mass is 414 g/mol. The minimum atomic E-state index is -0.297. The number of methoxy groups -OCH3 is 1. The van der Waals surface area contributed by atoms with E-state index in [1.54, 1.807) is 19.2 Å². The molecule has 3 aromatic rings. The second kappa shape index (κ2) is 9.56. The number of thioether (sulfide) groups is 1. The molecule has 1 heterocycles. The van der Waals surface area contributed by atoms with Crippen molar-refractivity contribution in [3.63, 3.8) is 0 Å². The maximum Gasteiger partial charge on any atom is 0.230 e. The van der Waals surface area contributed by atoms with Crippen molar-refractivity contribution in [3.05, 3.63) is 59.9 Å². The van der Waals surface area contributed by atoms with Gasteiger partial charge in [0.2, 0.25) is 5.91 Å². The van der Waals surface area contributed by atoms with E-state index in [1.807, 2.05) is 42.7 Å². The maximum absolute atomic E-state index is 13.0. The van der Waals surface area contributed by atoms with Gasteiger partial charge in [-0.25, -0.2) is 4.39 Å². The molecule has 1 aromatic heterocycles. The highest BCUT2D eigenvalue weighted by Crippen LogP contribution is 2.25. The van der Waals surface area contributed by atoms with Crippen molar-refractivity contribution in [1.82, 2.24) is 20.1 Å². The summed E-state index contributed by atoms with van der Waals surface area (Å²) in [4.78, 5) is 12.3. The molecule has 29 heavy (non-hydrogen) atoms. The molecule has 3 rings (SSSR count). The van der Waals surface area contributed by atoms with Crippen LogP contribution in [0.5, 0.6) is 5.75 Å². The van der Waals surface area contributed by atoms with E-state index in [2.05, 4.69) is 15.5 Å². The molecule has 0 fully saturated rings. The lowest BCUT2D eigenvalue weighted by Gasteiger charge is -2.14. The molecule has 1 atom stereocenters. The fourth-order valence-corrected chi connectivity index (χ4v) is 3.70. The predicted octanol–water partition coefficient (Wildman–Crippen LogP) is 4.08. The first-order chi connectivity index (χ1) is 14.0. The van der Waals surface area contributed by atoms with Gasteiger partial charge in [0, 0.05) is 12.1 Å². The number of hydrogen-bond acceptors (Lipinski definition) is 5. The Kier molecular flexibility index (Phi) is 6.87. The third kappa shape index (κ3) is 5.14. The average molecular weight is 415 g/mol. The Morgan fingerprint density at radius 2 is 1.86 bits per heavy atom. The topological polar surface area (TPSA) is 69.0 Å². The van der Waals surface area contributed by atoms with Crippen molar-refractivity contribution in [2.45, 2.75) is 31.6 Å². The number of nitrogens with one attached hydrogen (secondary N) is 1. The zero-order valence-electron chi connectivity index (χ0n) is 16.6. The van der Waals surface area contributed by atoms with E-state index in [-0.39, 0.29) is 23.5 Å². The van der Waals surface area contributed by atoms with Crippen molar-refractivity contribution in [3.8, 4) is 17.1 Å². The van der Waals surface area contributed by atoms with Crippen LogP contribution >= 0.6 is 11.8 Å². The van der Waals surface area contributed by atoms with Gasteiger partial charge in [0.15, 0.2) is 11.0 Å². The zero-order chi connectivity index (χ0) is 20.8. The molecule has 0 spiro atoms. The van der Waals surface area contributed by atoms with E-state index in [0.717, 1.165) is 22.7 Å². The lowest BCUT2D eigenvalue weighted by atomic mass is 10.1. The smallest absolute Gasteiger partial charge is 0.230 e. The van der Waals surface area contributed by atoms with E-state index in [0.29, 0.717) is 11.7 Å². The van der Waals surface area contributed by atoms with Gasteiger partial charge in [-0.05, 0) is 55.8 Å². The first-order valence-corrected chi connectivity index (χ1v) is 10.3. The van der Waals surface area contributed by atoms with Crippen LogP contribution in [0.25, 0.3) is 11.4 Å². The number of carbonyl (C=O) groups is 1. The summed E-state index contributed by atoms with van der Waals surface area (Å²) in [5, 5.41) is 12.1. The minimum Gasteiger partial charge on any atom is -0.497 e. The molecule has 8 heteroatoms. The first kappa shape index (κ1) is 20.9. The Bertz CT molecular complexity index is 958. The summed E-state index contributed by atoms with van der Waals surface area (Å²) in [5.41, 5.74) is 1.78. The van der Waals surface area contributed by atoms with E-state index in [1.165, 1.54) is 23.9 Å². The number of rotatable bonds is 8. The van der Waals surface area contributed by atoms with Gasteiger partial charge in [0.1, 0.15) is 11.6 Å². The van der Waals surface area contributed by atoms with Gasteiger partial charge in [-0.3, -0.25) is 4.79 Å². The van der Waals surface area contributed by atoms with E-state index < -0.39 is 0 Å². The second-order valence-electron chi connectivity index (χ2n) is 6.41. The van der Waals surface area contributed by atoms with Gasteiger partial charge >= 0.3 is 0 Å². The molecule has 1 N–H and O–H groups in total. The summed E-state index contributed by atoms with van der Waals surface area (Å²) in [5.74, 6) is 1.32. The predicted molar refractivity (Wildman–Crippen MR) is 111 cm³/mol. The Morgan fingerprint density at radius 1 is 1.17 bits per heavy atom. The van der Waals surface area contributed by atoms with Crippen LogP contribution in [0.15, 0.2) is 53.7 Å². The van der Waals surface area contributed by atoms with Gasteiger partial charge in [-0.1, -0.05) is 23.9 Å². The lowest BCUT2D eigenvalue weighted by Crippen LogP contribution is -2.28. The largest absolute Gasteiger partial charge is 0.497 e. The summed E-state index contributed by atoms with van der Waals surface area (Å²) < 4.78 is 20.2. The normalized spacial score (nSPS) is 11.9. The number of ether oxygens (including phenoxy) is 1. The van der Waals surface area contributed by atoms with Crippen molar-refractivity contribution >= 4 is 17.7 Å². The molecule has 0 aliphatic rings. The van der Waals surface area contributed by atoms with Crippen LogP contribution in [0, 0.1) is 5.82 Å². The molecule has 0 aliphatic carbocycles. The summed E-state index contributed by atoms with van der Waals surface area (Å²) in [7, 11) is 1.63. The lowest BCUT2D eigenvalue weighted by molar-refractivity contribution is -0.119. The first-order valence-electron chi connectivity index (χ1n) is 9.27. The van der Waals surface area contributed by atoms with Crippen LogP contribution in [0.3, 0.4) is 0 Å². The number of halogens is 1. The SMILES string of the molecule is CCn1c(SCC(=O)NC(C)c2ccc(F)cc2)nnc1-c1ccc(OC)cc1. The summed E-state index contributed by atoms with van der Waals surface area (Å²) >= 11 is 1.34. The van der Waals surface area contributed by atoms with Crippen molar-refractivity contribution in [2.24, 2.45) is 0 Å². The number of aromatic nitrogens is 3. The maximum atomic E-state index is 13.0. The number of hydrogen-bond donors (Lipinski definition) is 1. The molecule has 0 saturated heterocycles. The van der Waals surface area contributed by atoms with Crippen molar-refractivity contribution in [1.29, 1.82) is 0 Å². The highest BCUT2D eigenvalue weighted by molar-refractivity contribution is 7.99. The number of carbonyl (C=O) groups excluding carboxylic acids is 1. The van der Waals surface area contributed by atoms with Crippen LogP contribution in [-0.2, 0) is 11.3 Å². The molecule has 0 aliphatic heterocycles. The Labute approximate surface area is 173 Å². The molecule has 2 aromatic carbocycles. The van der Waals surface area contributed by atoms with Gasteiger partial charge in [0.25, 0.3) is 0 Å². The number of amides is 1. The minimum absolute atomic E-state index is 0.122. The summed E-state index contributed by atoms with van der Waals surface area (Å²) in [6, 6.07) is 13.5. The highest BCUT2D eigenvalue weighted by Gasteiger charge is 2.16. The standard InChI is InChI=1S/C21H23FN4O2S/c1-4-26-20(16-7-11-18(28-3)12-8-16)24-25-21(26)29-13-19(27)23-14(2)15-5-9-17(22)10-6-15/h5-12,14H,4,13H2,1-3H3,(H,23,27). The van der Waals surface area contributed by atoms with Gasteiger partial charge in [-0.2, -0.15) is 0 Å². The van der Waals surface area contributed by atoms with E-state index in [9.17, 15) is 9.18 Å². The van der Waals surface area contributed by atoms with E-state index >= 15 is 0 Å². The summed E-state index contributed by atoms with van der Waals surface area (Å²) in [6.07, 6.45) is 0.